The number of pyridine rings is 1. The summed E-state index contributed by atoms with van der Waals surface area (Å²) in [5.74, 6) is -0.303. The molecule has 0 atom stereocenters. The molecule has 0 amide bonds. The third-order valence-corrected chi connectivity index (χ3v) is 3.03. The van der Waals surface area contributed by atoms with E-state index in [1.165, 1.54) is 6.07 Å². The van der Waals surface area contributed by atoms with Crippen molar-refractivity contribution in [2.75, 3.05) is 0 Å². The lowest BCUT2D eigenvalue weighted by molar-refractivity contribution is 0.0690. The van der Waals surface area contributed by atoms with Crippen LogP contribution in [0.1, 0.15) is 27.3 Å². The SMILES string of the molecule is Cc1cc(Cl)cc(C)c1OCc1cccc(C(=O)O)n1. The number of aromatic nitrogens is 1. The van der Waals surface area contributed by atoms with Crippen molar-refractivity contribution in [1.82, 2.24) is 4.98 Å². The highest BCUT2D eigenvalue weighted by atomic mass is 35.5. The van der Waals surface area contributed by atoms with Crippen LogP contribution in [0.15, 0.2) is 30.3 Å². The minimum atomic E-state index is -1.05. The molecule has 1 aromatic carbocycles. The number of benzene rings is 1. The summed E-state index contributed by atoms with van der Waals surface area (Å²) >= 11 is 5.96. The quantitative estimate of drug-likeness (QED) is 0.934. The van der Waals surface area contributed by atoms with E-state index in [1.54, 1.807) is 12.1 Å². The normalized spacial score (nSPS) is 10.3. The highest BCUT2D eigenvalue weighted by Gasteiger charge is 2.08. The van der Waals surface area contributed by atoms with Crippen LogP contribution in [0.25, 0.3) is 0 Å². The van der Waals surface area contributed by atoms with Crippen molar-refractivity contribution >= 4 is 17.6 Å². The first-order valence-electron chi connectivity index (χ1n) is 6.06. The van der Waals surface area contributed by atoms with Crippen LogP contribution in [-0.4, -0.2) is 16.1 Å². The lowest BCUT2D eigenvalue weighted by Crippen LogP contribution is -2.05. The van der Waals surface area contributed by atoms with Crippen LogP contribution in [0.5, 0.6) is 5.75 Å². The Morgan fingerprint density at radius 1 is 1.30 bits per heavy atom. The first kappa shape index (κ1) is 14.3. The van der Waals surface area contributed by atoms with Crippen LogP contribution < -0.4 is 4.74 Å². The van der Waals surface area contributed by atoms with Gasteiger partial charge in [-0.05, 0) is 49.2 Å². The molecule has 0 saturated carbocycles. The Morgan fingerprint density at radius 2 is 1.95 bits per heavy atom. The third-order valence-electron chi connectivity index (χ3n) is 2.82. The molecule has 0 aliphatic carbocycles. The van der Waals surface area contributed by atoms with Gasteiger partial charge in [-0.1, -0.05) is 17.7 Å². The smallest absolute Gasteiger partial charge is 0.354 e. The molecule has 0 saturated heterocycles. The van der Waals surface area contributed by atoms with Gasteiger partial charge in [-0.3, -0.25) is 0 Å². The number of rotatable bonds is 4. The summed E-state index contributed by atoms with van der Waals surface area (Å²) in [6, 6.07) is 8.48. The van der Waals surface area contributed by atoms with Gasteiger partial charge in [0.15, 0.2) is 0 Å². The first-order valence-corrected chi connectivity index (χ1v) is 6.44. The van der Waals surface area contributed by atoms with E-state index in [0.29, 0.717) is 10.7 Å². The zero-order valence-electron chi connectivity index (χ0n) is 11.2. The maximum atomic E-state index is 10.9. The second-order valence-corrected chi connectivity index (χ2v) is 4.91. The topological polar surface area (TPSA) is 59.4 Å². The molecular formula is C15H14ClNO3. The lowest BCUT2D eigenvalue weighted by atomic mass is 10.1. The van der Waals surface area contributed by atoms with Crippen molar-refractivity contribution < 1.29 is 14.6 Å². The molecule has 0 unspecified atom stereocenters. The van der Waals surface area contributed by atoms with Crippen molar-refractivity contribution in [2.24, 2.45) is 0 Å². The van der Waals surface area contributed by atoms with Gasteiger partial charge in [-0.15, -0.1) is 0 Å². The largest absolute Gasteiger partial charge is 0.487 e. The summed E-state index contributed by atoms with van der Waals surface area (Å²) < 4.78 is 5.73. The summed E-state index contributed by atoms with van der Waals surface area (Å²) in [6.45, 7) is 4.04. The molecule has 1 heterocycles. The number of hydrogen-bond donors (Lipinski definition) is 1. The van der Waals surface area contributed by atoms with E-state index < -0.39 is 5.97 Å². The molecule has 2 rings (SSSR count). The van der Waals surface area contributed by atoms with E-state index in [9.17, 15) is 4.79 Å². The zero-order chi connectivity index (χ0) is 14.7. The van der Waals surface area contributed by atoms with Crippen LogP contribution in [0.2, 0.25) is 5.02 Å². The summed E-state index contributed by atoms with van der Waals surface area (Å²) in [7, 11) is 0. The molecule has 0 radical (unpaired) electrons. The number of aromatic carboxylic acids is 1. The molecule has 0 spiro atoms. The predicted octanol–water partition coefficient (Wildman–Crippen LogP) is 3.63. The van der Waals surface area contributed by atoms with E-state index in [2.05, 4.69) is 4.98 Å². The summed E-state index contributed by atoms with van der Waals surface area (Å²) in [5.41, 5.74) is 2.45. The molecular weight excluding hydrogens is 278 g/mol. The monoisotopic (exact) mass is 291 g/mol. The highest BCUT2D eigenvalue weighted by Crippen LogP contribution is 2.27. The van der Waals surface area contributed by atoms with E-state index in [-0.39, 0.29) is 12.3 Å². The average molecular weight is 292 g/mol. The highest BCUT2D eigenvalue weighted by molar-refractivity contribution is 6.30. The minimum Gasteiger partial charge on any atom is -0.487 e. The average Bonchev–Trinajstić information content (AvgIpc) is 2.37. The van der Waals surface area contributed by atoms with Crippen molar-refractivity contribution in [2.45, 2.75) is 20.5 Å². The molecule has 1 aromatic heterocycles. The van der Waals surface area contributed by atoms with E-state index in [0.717, 1.165) is 16.9 Å². The number of aryl methyl sites for hydroxylation is 2. The van der Waals surface area contributed by atoms with E-state index in [4.69, 9.17) is 21.4 Å². The Labute approximate surface area is 122 Å². The number of halogens is 1. The maximum absolute atomic E-state index is 10.9. The number of hydrogen-bond acceptors (Lipinski definition) is 3. The molecule has 20 heavy (non-hydrogen) atoms. The van der Waals surface area contributed by atoms with Crippen LogP contribution in [0, 0.1) is 13.8 Å². The molecule has 1 N–H and O–H groups in total. The first-order chi connectivity index (χ1) is 9.47. The van der Waals surface area contributed by atoms with Crippen LogP contribution in [-0.2, 0) is 6.61 Å². The standard InChI is InChI=1S/C15H14ClNO3/c1-9-6-11(16)7-10(2)14(9)20-8-12-4-3-5-13(17-12)15(18)19/h3-7H,8H2,1-2H3,(H,18,19). The second-order valence-electron chi connectivity index (χ2n) is 4.48. The fourth-order valence-electron chi connectivity index (χ4n) is 1.95. The van der Waals surface area contributed by atoms with Gasteiger partial charge in [-0.2, -0.15) is 0 Å². The molecule has 0 fully saturated rings. The number of ether oxygens (including phenoxy) is 1. The summed E-state index contributed by atoms with van der Waals surface area (Å²) in [5, 5.41) is 9.56. The van der Waals surface area contributed by atoms with Gasteiger partial charge in [-0.25, -0.2) is 9.78 Å². The van der Waals surface area contributed by atoms with Gasteiger partial charge in [0.25, 0.3) is 0 Å². The van der Waals surface area contributed by atoms with Crippen molar-refractivity contribution in [3.8, 4) is 5.75 Å². The zero-order valence-corrected chi connectivity index (χ0v) is 11.9. The van der Waals surface area contributed by atoms with Gasteiger partial charge in [0, 0.05) is 5.02 Å². The fourth-order valence-corrected chi connectivity index (χ4v) is 2.28. The van der Waals surface area contributed by atoms with Crippen LogP contribution in [0.4, 0.5) is 0 Å². The van der Waals surface area contributed by atoms with Gasteiger partial charge in [0.2, 0.25) is 0 Å². The van der Waals surface area contributed by atoms with Gasteiger partial charge >= 0.3 is 5.97 Å². The number of carboxylic acids is 1. The molecule has 5 heteroatoms. The summed E-state index contributed by atoms with van der Waals surface area (Å²) in [4.78, 5) is 14.9. The second kappa shape index (κ2) is 5.92. The Balaban J connectivity index is 2.17. The van der Waals surface area contributed by atoms with Crippen molar-refractivity contribution in [3.63, 3.8) is 0 Å². The van der Waals surface area contributed by atoms with Crippen molar-refractivity contribution in [1.29, 1.82) is 0 Å². The third kappa shape index (κ3) is 3.27. The van der Waals surface area contributed by atoms with Crippen LogP contribution >= 0.6 is 11.6 Å². The summed E-state index contributed by atoms with van der Waals surface area (Å²) in [6.07, 6.45) is 0. The Bertz CT molecular complexity index is 632. The minimum absolute atomic E-state index is 0.00986. The molecule has 104 valence electrons. The predicted molar refractivity (Wildman–Crippen MR) is 76.5 cm³/mol. The molecule has 0 aliphatic rings. The number of carbonyl (C=O) groups is 1. The van der Waals surface area contributed by atoms with Gasteiger partial charge < -0.3 is 9.84 Å². The fraction of sp³-hybridized carbons (Fsp3) is 0.200. The Morgan fingerprint density at radius 3 is 2.55 bits per heavy atom. The number of nitrogens with zero attached hydrogens (tertiary/aromatic N) is 1. The Kier molecular flexibility index (Phi) is 4.25. The van der Waals surface area contributed by atoms with Crippen LogP contribution in [0.3, 0.4) is 0 Å². The Hall–Kier alpha value is -2.07. The molecule has 4 nitrogen and oxygen atoms in total. The number of carboxylic acid groups (broad SMARTS) is 1. The molecule has 0 bridgehead atoms. The van der Waals surface area contributed by atoms with Gasteiger partial charge in [0.1, 0.15) is 18.1 Å². The van der Waals surface area contributed by atoms with Crippen molar-refractivity contribution in [3.05, 3.63) is 57.9 Å². The molecule has 0 aliphatic heterocycles. The maximum Gasteiger partial charge on any atom is 0.354 e. The van der Waals surface area contributed by atoms with E-state index in [1.807, 2.05) is 26.0 Å². The molecule has 2 aromatic rings. The lowest BCUT2D eigenvalue weighted by Gasteiger charge is -2.12. The van der Waals surface area contributed by atoms with Gasteiger partial charge in [0.05, 0.1) is 5.69 Å². The van der Waals surface area contributed by atoms with E-state index >= 15 is 0 Å².